The third-order valence-electron chi connectivity index (χ3n) is 2.56. The molecule has 0 spiro atoms. The number of hydrogen-bond donors (Lipinski definition) is 2. The molecule has 0 aliphatic heterocycles. The van der Waals surface area contributed by atoms with Crippen molar-refractivity contribution >= 4 is 0 Å². The first-order chi connectivity index (χ1) is 7.54. The first kappa shape index (κ1) is 13.0. The number of benzene rings is 1. The highest BCUT2D eigenvalue weighted by molar-refractivity contribution is 5.37. The van der Waals surface area contributed by atoms with Crippen LogP contribution in [0.3, 0.4) is 0 Å². The van der Waals surface area contributed by atoms with Gasteiger partial charge in [0.1, 0.15) is 5.75 Å². The van der Waals surface area contributed by atoms with E-state index in [2.05, 4.69) is 0 Å². The van der Waals surface area contributed by atoms with E-state index in [1.54, 1.807) is 0 Å². The van der Waals surface area contributed by atoms with Gasteiger partial charge >= 0.3 is 0 Å². The molecule has 2 atom stereocenters. The monoisotopic (exact) mass is 223 g/mol. The minimum atomic E-state index is 0.0455. The molecule has 3 heteroatoms. The SMILES string of the molecule is Cc1cc(C(C)N)ccc1OCC(C)CO. The molecular weight excluding hydrogens is 202 g/mol. The number of aliphatic hydroxyl groups excluding tert-OH is 1. The number of ether oxygens (including phenoxy) is 1. The Hall–Kier alpha value is -1.06. The standard InChI is InChI=1S/C13H21NO2/c1-9(7-15)8-16-13-5-4-12(11(3)14)6-10(13)2/h4-6,9,11,15H,7-8,14H2,1-3H3. The highest BCUT2D eigenvalue weighted by atomic mass is 16.5. The van der Waals surface area contributed by atoms with Gasteiger partial charge < -0.3 is 15.6 Å². The van der Waals surface area contributed by atoms with Crippen LogP contribution in [0.4, 0.5) is 0 Å². The summed E-state index contributed by atoms with van der Waals surface area (Å²) in [7, 11) is 0. The van der Waals surface area contributed by atoms with Gasteiger partial charge in [0, 0.05) is 18.6 Å². The average Bonchev–Trinajstić information content (AvgIpc) is 2.26. The summed E-state index contributed by atoms with van der Waals surface area (Å²) in [5.41, 5.74) is 8.00. The summed E-state index contributed by atoms with van der Waals surface area (Å²) < 4.78 is 5.62. The Morgan fingerprint density at radius 3 is 2.56 bits per heavy atom. The molecule has 0 bridgehead atoms. The highest BCUT2D eigenvalue weighted by Gasteiger charge is 2.06. The minimum Gasteiger partial charge on any atom is -0.493 e. The molecule has 0 aliphatic rings. The lowest BCUT2D eigenvalue weighted by Crippen LogP contribution is -2.13. The molecule has 2 unspecified atom stereocenters. The zero-order valence-corrected chi connectivity index (χ0v) is 10.2. The van der Waals surface area contributed by atoms with Gasteiger partial charge in [-0.25, -0.2) is 0 Å². The van der Waals surface area contributed by atoms with E-state index < -0.39 is 0 Å². The van der Waals surface area contributed by atoms with Gasteiger partial charge in [-0.1, -0.05) is 19.1 Å². The predicted octanol–water partition coefficient (Wildman–Crippen LogP) is 2.02. The van der Waals surface area contributed by atoms with Crippen molar-refractivity contribution in [3.8, 4) is 5.75 Å². The van der Waals surface area contributed by atoms with E-state index in [9.17, 15) is 0 Å². The second kappa shape index (κ2) is 5.87. The molecular formula is C13H21NO2. The van der Waals surface area contributed by atoms with Crippen molar-refractivity contribution in [1.82, 2.24) is 0 Å². The maximum atomic E-state index is 8.90. The third kappa shape index (κ3) is 3.51. The largest absolute Gasteiger partial charge is 0.493 e. The lowest BCUT2D eigenvalue weighted by atomic mass is 10.1. The Bertz CT molecular complexity index is 337. The van der Waals surface area contributed by atoms with Crippen LogP contribution in [0.5, 0.6) is 5.75 Å². The summed E-state index contributed by atoms with van der Waals surface area (Å²) in [5, 5.41) is 8.90. The molecule has 3 N–H and O–H groups in total. The Morgan fingerprint density at radius 2 is 2.06 bits per heavy atom. The van der Waals surface area contributed by atoms with Gasteiger partial charge in [0.2, 0.25) is 0 Å². The van der Waals surface area contributed by atoms with Crippen LogP contribution in [0.2, 0.25) is 0 Å². The van der Waals surface area contributed by atoms with Gasteiger partial charge in [0.25, 0.3) is 0 Å². The molecule has 0 saturated carbocycles. The van der Waals surface area contributed by atoms with Crippen LogP contribution in [0, 0.1) is 12.8 Å². The Balaban J connectivity index is 2.68. The Morgan fingerprint density at radius 1 is 1.38 bits per heavy atom. The van der Waals surface area contributed by atoms with Gasteiger partial charge in [-0.05, 0) is 31.0 Å². The van der Waals surface area contributed by atoms with Crippen molar-refractivity contribution in [2.24, 2.45) is 11.7 Å². The smallest absolute Gasteiger partial charge is 0.122 e. The van der Waals surface area contributed by atoms with Gasteiger partial charge in [0.05, 0.1) is 6.61 Å². The second-order valence-corrected chi connectivity index (χ2v) is 4.41. The average molecular weight is 223 g/mol. The van der Waals surface area contributed by atoms with E-state index in [1.165, 1.54) is 0 Å². The number of rotatable bonds is 5. The molecule has 0 heterocycles. The number of aliphatic hydroxyl groups is 1. The summed E-state index contributed by atoms with van der Waals surface area (Å²) in [5.74, 6) is 1.03. The fourth-order valence-corrected chi connectivity index (χ4v) is 1.40. The summed E-state index contributed by atoms with van der Waals surface area (Å²) in [6.45, 7) is 6.60. The molecule has 0 fully saturated rings. The van der Waals surface area contributed by atoms with E-state index in [1.807, 2.05) is 39.0 Å². The fourth-order valence-electron chi connectivity index (χ4n) is 1.40. The molecule has 16 heavy (non-hydrogen) atoms. The van der Waals surface area contributed by atoms with Gasteiger partial charge in [0.15, 0.2) is 0 Å². The number of nitrogens with two attached hydrogens (primary N) is 1. The zero-order valence-electron chi connectivity index (χ0n) is 10.2. The van der Waals surface area contributed by atoms with Crippen LogP contribution in [-0.2, 0) is 0 Å². The van der Waals surface area contributed by atoms with Crippen LogP contribution >= 0.6 is 0 Å². The van der Waals surface area contributed by atoms with Gasteiger partial charge in [-0.2, -0.15) is 0 Å². The molecule has 0 saturated heterocycles. The molecule has 0 radical (unpaired) electrons. The lowest BCUT2D eigenvalue weighted by molar-refractivity contribution is 0.174. The van der Waals surface area contributed by atoms with Crippen LogP contribution in [0.25, 0.3) is 0 Å². The topological polar surface area (TPSA) is 55.5 Å². The van der Waals surface area contributed by atoms with E-state index >= 15 is 0 Å². The molecule has 0 aliphatic carbocycles. The van der Waals surface area contributed by atoms with Crippen molar-refractivity contribution in [2.75, 3.05) is 13.2 Å². The van der Waals surface area contributed by atoms with Crippen LogP contribution in [-0.4, -0.2) is 18.3 Å². The van der Waals surface area contributed by atoms with Crippen molar-refractivity contribution in [3.05, 3.63) is 29.3 Å². The van der Waals surface area contributed by atoms with E-state index in [0.29, 0.717) is 6.61 Å². The Labute approximate surface area is 97.2 Å². The van der Waals surface area contributed by atoms with E-state index in [4.69, 9.17) is 15.6 Å². The quantitative estimate of drug-likeness (QED) is 0.803. The van der Waals surface area contributed by atoms with Crippen molar-refractivity contribution < 1.29 is 9.84 Å². The van der Waals surface area contributed by atoms with Crippen molar-refractivity contribution in [2.45, 2.75) is 26.8 Å². The van der Waals surface area contributed by atoms with Crippen molar-refractivity contribution in [3.63, 3.8) is 0 Å². The maximum absolute atomic E-state index is 8.90. The van der Waals surface area contributed by atoms with Crippen LogP contribution in [0.15, 0.2) is 18.2 Å². The number of aryl methyl sites for hydroxylation is 1. The van der Waals surface area contributed by atoms with Crippen LogP contribution in [0.1, 0.15) is 31.0 Å². The summed E-state index contributed by atoms with van der Waals surface area (Å²) in [4.78, 5) is 0. The van der Waals surface area contributed by atoms with Crippen molar-refractivity contribution in [1.29, 1.82) is 0 Å². The van der Waals surface area contributed by atoms with Gasteiger partial charge in [-0.15, -0.1) is 0 Å². The molecule has 0 aromatic heterocycles. The summed E-state index contributed by atoms with van der Waals surface area (Å²) in [6.07, 6.45) is 0. The second-order valence-electron chi connectivity index (χ2n) is 4.41. The van der Waals surface area contributed by atoms with E-state index in [0.717, 1.165) is 16.9 Å². The first-order valence-corrected chi connectivity index (χ1v) is 5.64. The first-order valence-electron chi connectivity index (χ1n) is 5.64. The maximum Gasteiger partial charge on any atom is 0.122 e. The normalized spacial score (nSPS) is 14.6. The molecule has 1 aromatic rings. The van der Waals surface area contributed by atoms with Crippen LogP contribution < -0.4 is 10.5 Å². The Kier molecular flexibility index (Phi) is 4.77. The molecule has 0 amide bonds. The fraction of sp³-hybridized carbons (Fsp3) is 0.538. The molecule has 1 aromatic carbocycles. The molecule has 1 rings (SSSR count). The summed E-state index contributed by atoms with van der Waals surface area (Å²) >= 11 is 0. The number of hydrogen-bond acceptors (Lipinski definition) is 3. The lowest BCUT2D eigenvalue weighted by Gasteiger charge is -2.14. The highest BCUT2D eigenvalue weighted by Crippen LogP contribution is 2.22. The van der Waals surface area contributed by atoms with Gasteiger partial charge in [-0.3, -0.25) is 0 Å². The third-order valence-corrected chi connectivity index (χ3v) is 2.56. The zero-order chi connectivity index (χ0) is 12.1. The minimum absolute atomic E-state index is 0.0455. The predicted molar refractivity (Wildman–Crippen MR) is 65.5 cm³/mol. The van der Waals surface area contributed by atoms with E-state index in [-0.39, 0.29) is 18.6 Å². The summed E-state index contributed by atoms with van der Waals surface area (Å²) in [6, 6.07) is 6.02. The molecule has 90 valence electrons. The molecule has 3 nitrogen and oxygen atoms in total.